The molecule has 1 atom stereocenters. The molecule has 0 radical (unpaired) electrons. The van der Waals surface area contributed by atoms with Gasteiger partial charge in [-0.1, -0.05) is 146 Å². The van der Waals surface area contributed by atoms with E-state index in [4.69, 9.17) is 14.7 Å². The summed E-state index contributed by atoms with van der Waals surface area (Å²) in [4.78, 5) is 10.1. The molecule has 236 valence electrons. The third kappa shape index (κ3) is 4.37. The smallest absolute Gasteiger partial charge is 0.160 e. The maximum Gasteiger partial charge on any atom is 0.160 e. The van der Waals surface area contributed by atoms with Crippen LogP contribution in [0.25, 0.3) is 50.6 Å². The molecule has 0 amide bonds. The quantitative estimate of drug-likeness (QED) is 0.192. The third-order valence-electron chi connectivity index (χ3n) is 10.4. The van der Waals surface area contributed by atoms with Gasteiger partial charge in [0.1, 0.15) is 11.5 Å². The van der Waals surface area contributed by atoms with Crippen molar-refractivity contribution in [3.8, 4) is 56.5 Å². The highest BCUT2D eigenvalue weighted by molar-refractivity contribution is 5.90. The molecule has 3 nitrogen and oxygen atoms in total. The summed E-state index contributed by atoms with van der Waals surface area (Å²) in [5.74, 6) is 2.52. The fraction of sp³-hybridized carbons (Fsp3) is 0.0638. The van der Waals surface area contributed by atoms with Crippen LogP contribution in [0, 0.1) is 0 Å². The van der Waals surface area contributed by atoms with Gasteiger partial charge in [0.2, 0.25) is 0 Å². The molecule has 1 aliphatic heterocycles. The Morgan fingerprint density at radius 1 is 0.480 bits per heavy atom. The first-order valence-corrected chi connectivity index (χ1v) is 17.3. The van der Waals surface area contributed by atoms with Crippen molar-refractivity contribution in [1.29, 1.82) is 0 Å². The molecule has 3 heteroatoms. The summed E-state index contributed by atoms with van der Waals surface area (Å²) in [5, 5.41) is 0. The molecule has 1 aromatic heterocycles. The molecule has 10 rings (SSSR count). The van der Waals surface area contributed by atoms with E-state index in [1.165, 1.54) is 33.4 Å². The van der Waals surface area contributed by atoms with Crippen LogP contribution in [0.5, 0.6) is 11.5 Å². The van der Waals surface area contributed by atoms with Gasteiger partial charge >= 0.3 is 0 Å². The second-order valence-electron chi connectivity index (χ2n) is 13.2. The SMILES string of the molecule is C1=CC2=C(CC1)c1ccccc1C21c2ccccc2Oc2cc(-c3cccc(-c4cc(-c5ccccc5)nc(-c5ccccc5)n4)c3)ccc21. The zero-order valence-electron chi connectivity index (χ0n) is 27.4. The molecule has 3 aliphatic rings. The first kappa shape index (κ1) is 28.7. The van der Waals surface area contributed by atoms with Gasteiger partial charge in [0.05, 0.1) is 16.8 Å². The molecule has 2 aliphatic carbocycles. The van der Waals surface area contributed by atoms with E-state index in [-0.39, 0.29) is 0 Å². The Balaban J connectivity index is 1.12. The molecule has 1 spiro atoms. The average Bonchev–Trinajstić information content (AvgIpc) is 3.49. The average molecular weight is 641 g/mol. The zero-order valence-corrected chi connectivity index (χ0v) is 27.4. The Morgan fingerprint density at radius 3 is 1.96 bits per heavy atom. The lowest BCUT2D eigenvalue weighted by atomic mass is 9.64. The third-order valence-corrected chi connectivity index (χ3v) is 10.4. The monoisotopic (exact) mass is 640 g/mol. The van der Waals surface area contributed by atoms with Gasteiger partial charge in [-0.25, -0.2) is 9.97 Å². The number of nitrogens with zero attached hydrogens (tertiary/aromatic N) is 2. The van der Waals surface area contributed by atoms with Crippen molar-refractivity contribution in [2.75, 3.05) is 0 Å². The minimum absolute atomic E-state index is 0.421. The number of benzene rings is 6. The van der Waals surface area contributed by atoms with E-state index in [2.05, 4.69) is 133 Å². The molecule has 0 saturated carbocycles. The molecule has 50 heavy (non-hydrogen) atoms. The first-order chi connectivity index (χ1) is 24.8. The van der Waals surface area contributed by atoms with E-state index in [0.717, 1.165) is 63.5 Å². The van der Waals surface area contributed by atoms with Crippen LogP contribution in [-0.2, 0) is 5.41 Å². The van der Waals surface area contributed by atoms with Crippen LogP contribution in [0.2, 0.25) is 0 Å². The van der Waals surface area contributed by atoms with Crippen LogP contribution in [0.15, 0.2) is 175 Å². The summed E-state index contributed by atoms with van der Waals surface area (Å²) in [6, 6.07) is 55.6. The molecule has 2 heterocycles. The highest BCUT2D eigenvalue weighted by Gasteiger charge is 2.51. The lowest BCUT2D eigenvalue weighted by Crippen LogP contribution is -2.33. The number of hydrogen-bond acceptors (Lipinski definition) is 3. The second kappa shape index (κ2) is 11.4. The van der Waals surface area contributed by atoms with Gasteiger partial charge in [0, 0.05) is 27.8 Å². The summed E-state index contributed by atoms with van der Waals surface area (Å²) in [5.41, 5.74) is 14.6. The molecule has 1 unspecified atom stereocenters. The maximum atomic E-state index is 6.80. The number of rotatable bonds is 4. The number of para-hydroxylation sites is 1. The van der Waals surface area contributed by atoms with Gasteiger partial charge in [0.25, 0.3) is 0 Å². The minimum atomic E-state index is -0.421. The van der Waals surface area contributed by atoms with Crippen molar-refractivity contribution >= 4 is 5.57 Å². The number of ether oxygens (including phenoxy) is 1. The van der Waals surface area contributed by atoms with Crippen molar-refractivity contribution in [3.63, 3.8) is 0 Å². The van der Waals surface area contributed by atoms with Crippen molar-refractivity contribution in [2.45, 2.75) is 18.3 Å². The van der Waals surface area contributed by atoms with Crippen molar-refractivity contribution in [2.24, 2.45) is 0 Å². The molecule has 0 saturated heterocycles. The minimum Gasteiger partial charge on any atom is -0.457 e. The van der Waals surface area contributed by atoms with E-state index < -0.39 is 5.41 Å². The Hall–Kier alpha value is -6.32. The topological polar surface area (TPSA) is 35.0 Å². The number of aromatic nitrogens is 2. The van der Waals surface area contributed by atoms with Crippen molar-refractivity contribution < 1.29 is 4.74 Å². The van der Waals surface area contributed by atoms with E-state index in [1.807, 2.05) is 36.4 Å². The van der Waals surface area contributed by atoms with E-state index in [1.54, 1.807) is 0 Å². The van der Waals surface area contributed by atoms with Crippen molar-refractivity contribution in [1.82, 2.24) is 9.97 Å². The molecule has 7 aromatic rings. The molecular formula is C47H32N2O. The van der Waals surface area contributed by atoms with Gasteiger partial charge in [-0.3, -0.25) is 0 Å². The van der Waals surface area contributed by atoms with Crippen LogP contribution in [-0.4, -0.2) is 9.97 Å². The van der Waals surface area contributed by atoms with E-state index in [9.17, 15) is 0 Å². The molecule has 0 N–H and O–H groups in total. The van der Waals surface area contributed by atoms with Crippen LogP contribution in [0.4, 0.5) is 0 Å². The van der Waals surface area contributed by atoms with Crippen LogP contribution in [0.3, 0.4) is 0 Å². The summed E-state index contributed by atoms with van der Waals surface area (Å²) in [6.07, 6.45) is 6.82. The summed E-state index contributed by atoms with van der Waals surface area (Å²) < 4.78 is 6.80. The predicted octanol–water partition coefficient (Wildman–Crippen LogP) is 11.7. The lowest BCUT2D eigenvalue weighted by molar-refractivity contribution is 0.436. The zero-order chi connectivity index (χ0) is 33.1. The normalized spacial score (nSPS) is 16.7. The van der Waals surface area contributed by atoms with Crippen LogP contribution < -0.4 is 4.74 Å². The second-order valence-corrected chi connectivity index (χ2v) is 13.2. The number of fused-ring (bicyclic) bond motifs is 8. The Kier molecular flexibility index (Phi) is 6.53. The molecular weight excluding hydrogens is 609 g/mol. The molecule has 0 bridgehead atoms. The first-order valence-electron chi connectivity index (χ1n) is 17.3. The van der Waals surface area contributed by atoms with Gasteiger partial charge in [-0.15, -0.1) is 0 Å². The highest BCUT2D eigenvalue weighted by atomic mass is 16.5. The van der Waals surface area contributed by atoms with Crippen LogP contribution >= 0.6 is 0 Å². The summed E-state index contributed by atoms with van der Waals surface area (Å²) in [6.45, 7) is 0. The van der Waals surface area contributed by atoms with Gasteiger partial charge in [0.15, 0.2) is 5.82 Å². The fourth-order valence-corrected chi connectivity index (χ4v) is 8.25. The van der Waals surface area contributed by atoms with E-state index >= 15 is 0 Å². The molecule has 0 fully saturated rings. The lowest BCUT2D eigenvalue weighted by Gasteiger charge is -2.40. The Morgan fingerprint density at radius 2 is 1.12 bits per heavy atom. The summed E-state index contributed by atoms with van der Waals surface area (Å²) >= 11 is 0. The number of hydrogen-bond donors (Lipinski definition) is 0. The van der Waals surface area contributed by atoms with Gasteiger partial charge in [-0.2, -0.15) is 0 Å². The summed E-state index contributed by atoms with van der Waals surface area (Å²) in [7, 11) is 0. The number of allylic oxidation sites excluding steroid dienone is 4. The standard InChI is InChI=1S/C47H32N2O/c1-3-14-31(15-4-1)42-30-43(49-46(48-42)32-16-5-2-6-17-32)35-19-13-18-33(28-35)34-26-27-41-45(29-34)50-44-25-12-11-24-40(44)47(41)38-22-9-7-20-36(38)37-21-8-10-23-39(37)47/h1-7,9-20,22-30H,8,21H2. The Bertz CT molecular complexity index is 2460. The highest BCUT2D eigenvalue weighted by Crippen LogP contribution is 2.62. The van der Waals surface area contributed by atoms with Gasteiger partial charge < -0.3 is 4.74 Å². The predicted molar refractivity (Wildman–Crippen MR) is 202 cm³/mol. The van der Waals surface area contributed by atoms with Crippen LogP contribution in [0.1, 0.15) is 35.1 Å². The molecule has 6 aromatic carbocycles. The largest absolute Gasteiger partial charge is 0.457 e. The van der Waals surface area contributed by atoms with E-state index in [0.29, 0.717) is 5.82 Å². The van der Waals surface area contributed by atoms with Gasteiger partial charge in [-0.05, 0) is 70.5 Å². The fourth-order valence-electron chi connectivity index (χ4n) is 8.25. The Labute approximate surface area is 291 Å². The van der Waals surface area contributed by atoms with Crippen molar-refractivity contribution in [3.05, 3.63) is 198 Å². The maximum absolute atomic E-state index is 6.80.